The molecule has 90 valence electrons. The molecule has 0 aliphatic heterocycles. The first-order chi connectivity index (χ1) is 7.81. The summed E-state index contributed by atoms with van der Waals surface area (Å²) >= 11 is 0. The van der Waals surface area contributed by atoms with Gasteiger partial charge in [-0.15, -0.1) is 0 Å². The van der Waals surface area contributed by atoms with Gasteiger partial charge in [-0.1, -0.05) is 45.2 Å². The number of unbranched alkanes of at least 4 members (excludes halogenated alkanes) is 2. The van der Waals surface area contributed by atoms with Crippen molar-refractivity contribution in [2.75, 3.05) is 7.11 Å². The molecule has 0 N–H and O–H groups in total. The molecule has 0 saturated heterocycles. The molecule has 1 atom stereocenters. The van der Waals surface area contributed by atoms with Gasteiger partial charge in [0.25, 0.3) is 0 Å². The summed E-state index contributed by atoms with van der Waals surface area (Å²) in [6, 6.07) is 8.55. The lowest BCUT2D eigenvalue weighted by Crippen LogP contribution is -1.97. The molecule has 0 aliphatic rings. The Hall–Kier alpha value is -0.980. The number of hydrogen-bond acceptors (Lipinski definition) is 1. The molecule has 1 aromatic carbocycles. The first kappa shape index (κ1) is 13.1. The van der Waals surface area contributed by atoms with E-state index in [4.69, 9.17) is 4.74 Å². The molecule has 0 aromatic heterocycles. The largest absolute Gasteiger partial charge is 0.497 e. The second-order valence-corrected chi connectivity index (χ2v) is 4.37. The van der Waals surface area contributed by atoms with Crippen molar-refractivity contribution < 1.29 is 4.74 Å². The van der Waals surface area contributed by atoms with Gasteiger partial charge in [0.15, 0.2) is 0 Å². The maximum Gasteiger partial charge on any atom is 0.118 e. The zero-order valence-corrected chi connectivity index (χ0v) is 10.8. The van der Waals surface area contributed by atoms with Gasteiger partial charge in [-0.3, -0.25) is 0 Å². The van der Waals surface area contributed by atoms with Gasteiger partial charge >= 0.3 is 0 Å². The minimum Gasteiger partial charge on any atom is -0.497 e. The maximum atomic E-state index is 5.18. The zero-order chi connectivity index (χ0) is 11.8. The molecule has 0 radical (unpaired) electrons. The number of hydrogen-bond donors (Lipinski definition) is 0. The van der Waals surface area contributed by atoms with E-state index in [1.165, 1.54) is 37.7 Å². The lowest BCUT2D eigenvalue weighted by molar-refractivity contribution is 0.414. The van der Waals surface area contributed by atoms with Gasteiger partial charge in [-0.05, 0) is 36.5 Å². The third-order valence-electron chi connectivity index (χ3n) is 3.24. The van der Waals surface area contributed by atoms with Crippen molar-refractivity contribution in [1.29, 1.82) is 0 Å². The number of benzene rings is 1. The highest BCUT2D eigenvalue weighted by atomic mass is 16.5. The maximum absolute atomic E-state index is 5.18. The summed E-state index contributed by atoms with van der Waals surface area (Å²) in [7, 11) is 1.72. The van der Waals surface area contributed by atoms with Crippen LogP contribution in [0.2, 0.25) is 0 Å². The van der Waals surface area contributed by atoms with Crippen molar-refractivity contribution in [2.45, 2.75) is 51.9 Å². The molecule has 0 fully saturated rings. The standard InChI is InChI=1S/C15H24O/c1-4-6-7-8-13(5-2)14-9-11-15(16-3)12-10-14/h9-13H,4-8H2,1-3H3/t13-/m0/s1. The highest BCUT2D eigenvalue weighted by Gasteiger charge is 2.08. The van der Waals surface area contributed by atoms with Crippen LogP contribution in [0.25, 0.3) is 0 Å². The molecular formula is C15H24O. The average molecular weight is 220 g/mol. The quantitative estimate of drug-likeness (QED) is 0.601. The average Bonchev–Trinajstić information content (AvgIpc) is 2.35. The van der Waals surface area contributed by atoms with Crippen LogP contribution in [0.1, 0.15) is 57.4 Å². The molecule has 0 amide bonds. The van der Waals surface area contributed by atoms with Crippen LogP contribution in [-0.2, 0) is 0 Å². The van der Waals surface area contributed by atoms with Crippen molar-refractivity contribution in [3.8, 4) is 5.75 Å². The normalized spacial score (nSPS) is 12.4. The topological polar surface area (TPSA) is 9.23 Å². The predicted molar refractivity (Wildman–Crippen MR) is 70.2 cm³/mol. The van der Waals surface area contributed by atoms with E-state index in [9.17, 15) is 0 Å². The van der Waals surface area contributed by atoms with E-state index in [1.54, 1.807) is 7.11 Å². The number of methoxy groups -OCH3 is 1. The zero-order valence-electron chi connectivity index (χ0n) is 10.8. The molecule has 1 aromatic rings. The monoisotopic (exact) mass is 220 g/mol. The van der Waals surface area contributed by atoms with E-state index in [1.807, 2.05) is 0 Å². The summed E-state index contributed by atoms with van der Waals surface area (Å²) < 4.78 is 5.18. The molecule has 0 aliphatic carbocycles. The Labute approximate surface area is 99.8 Å². The predicted octanol–water partition coefficient (Wildman–Crippen LogP) is 4.77. The van der Waals surface area contributed by atoms with Crippen molar-refractivity contribution >= 4 is 0 Å². The molecule has 1 heteroatoms. The van der Waals surface area contributed by atoms with Gasteiger partial charge in [-0.25, -0.2) is 0 Å². The first-order valence-electron chi connectivity index (χ1n) is 6.45. The van der Waals surface area contributed by atoms with E-state index >= 15 is 0 Å². The second kappa shape index (κ2) is 7.32. The van der Waals surface area contributed by atoms with E-state index in [0.717, 1.165) is 11.7 Å². The van der Waals surface area contributed by atoms with Crippen LogP contribution in [0.4, 0.5) is 0 Å². The molecule has 16 heavy (non-hydrogen) atoms. The molecule has 1 rings (SSSR count). The fraction of sp³-hybridized carbons (Fsp3) is 0.600. The second-order valence-electron chi connectivity index (χ2n) is 4.37. The fourth-order valence-corrected chi connectivity index (χ4v) is 2.12. The molecule has 0 heterocycles. The summed E-state index contributed by atoms with van der Waals surface area (Å²) in [6.45, 7) is 4.54. The summed E-state index contributed by atoms with van der Waals surface area (Å²) in [4.78, 5) is 0. The van der Waals surface area contributed by atoms with E-state index in [-0.39, 0.29) is 0 Å². The molecule has 0 spiro atoms. The smallest absolute Gasteiger partial charge is 0.118 e. The van der Waals surface area contributed by atoms with Crippen LogP contribution in [0, 0.1) is 0 Å². The highest BCUT2D eigenvalue weighted by molar-refractivity contribution is 5.29. The number of ether oxygens (including phenoxy) is 1. The van der Waals surface area contributed by atoms with E-state index < -0.39 is 0 Å². The minimum atomic E-state index is 0.720. The fourth-order valence-electron chi connectivity index (χ4n) is 2.12. The summed E-state index contributed by atoms with van der Waals surface area (Å²) in [5, 5.41) is 0. The van der Waals surface area contributed by atoms with Crippen molar-refractivity contribution in [3.05, 3.63) is 29.8 Å². The minimum absolute atomic E-state index is 0.720. The Morgan fingerprint density at radius 3 is 2.25 bits per heavy atom. The highest BCUT2D eigenvalue weighted by Crippen LogP contribution is 2.27. The van der Waals surface area contributed by atoms with Gasteiger partial charge in [-0.2, -0.15) is 0 Å². The Balaban J connectivity index is 2.56. The summed E-state index contributed by atoms with van der Waals surface area (Å²) in [6.07, 6.45) is 6.56. The molecule has 0 unspecified atom stereocenters. The SMILES string of the molecule is CCCCC[C@H](CC)c1ccc(OC)cc1. The third kappa shape index (κ3) is 3.88. The molecule has 0 saturated carbocycles. The van der Waals surface area contributed by atoms with E-state index in [0.29, 0.717) is 0 Å². The van der Waals surface area contributed by atoms with Crippen LogP contribution in [0.5, 0.6) is 5.75 Å². The first-order valence-corrected chi connectivity index (χ1v) is 6.45. The van der Waals surface area contributed by atoms with Gasteiger partial charge in [0.2, 0.25) is 0 Å². The van der Waals surface area contributed by atoms with Crippen LogP contribution in [0.15, 0.2) is 24.3 Å². The van der Waals surface area contributed by atoms with Crippen LogP contribution in [-0.4, -0.2) is 7.11 Å². The number of rotatable bonds is 7. The van der Waals surface area contributed by atoms with Crippen LogP contribution >= 0.6 is 0 Å². The van der Waals surface area contributed by atoms with Crippen molar-refractivity contribution in [2.24, 2.45) is 0 Å². The van der Waals surface area contributed by atoms with Gasteiger partial charge in [0.1, 0.15) is 5.75 Å². The Bertz CT molecular complexity index is 276. The Kier molecular flexibility index (Phi) is 5.99. The van der Waals surface area contributed by atoms with Crippen molar-refractivity contribution in [1.82, 2.24) is 0 Å². The molecule has 0 bridgehead atoms. The lowest BCUT2D eigenvalue weighted by Gasteiger charge is -2.15. The van der Waals surface area contributed by atoms with Crippen LogP contribution in [0.3, 0.4) is 0 Å². The van der Waals surface area contributed by atoms with Gasteiger partial charge < -0.3 is 4.74 Å². The summed E-state index contributed by atoms with van der Waals surface area (Å²) in [5.74, 6) is 1.67. The van der Waals surface area contributed by atoms with Crippen LogP contribution < -0.4 is 4.74 Å². The Morgan fingerprint density at radius 1 is 1.06 bits per heavy atom. The lowest BCUT2D eigenvalue weighted by atomic mass is 9.91. The molecular weight excluding hydrogens is 196 g/mol. The van der Waals surface area contributed by atoms with Gasteiger partial charge in [0.05, 0.1) is 7.11 Å². The summed E-state index contributed by atoms with van der Waals surface area (Å²) in [5.41, 5.74) is 1.46. The third-order valence-corrected chi connectivity index (χ3v) is 3.24. The van der Waals surface area contributed by atoms with E-state index in [2.05, 4.69) is 38.1 Å². The van der Waals surface area contributed by atoms with Gasteiger partial charge in [0, 0.05) is 0 Å². The van der Waals surface area contributed by atoms with Crippen molar-refractivity contribution in [3.63, 3.8) is 0 Å². The Morgan fingerprint density at radius 2 is 1.75 bits per heavy atom. The molecule has 1 nitrogen and oxygen atoms in total.